The zero-order valence-electron chi connectivity index (χ0n) is 13.0. The summed E-state index contributed by atoms with van der Waals surface area (Å²) in [5.74, 6) is 1.31. The number of anilines is 2. The summed E-state index contributed by atoms with van der Waals surface area (Å²) in [6, 6.07) is 3.94. The number of hydrogen-bond donors (Lipinski definition) is 2. The van der Waals surface area contributed by atoms with E-state index in [2.05, 4.69) is 17.1 Å². The minimum atomic E-state index is 0.281. The van der Waals surface area contributed by atoms with Crippen LogP contribution in [0.1, 0.15) is 6.92 Å². The number of nitrogen functional groups attached to an aromatic ring is 1. The van der Waals surface area contributed by atoms with E-state index in [-0.39, 0.29) is 6.04 Å². The molecule has 0 aromatic heterocycles. The molecule has 6 heteroatoms. The third-order valence-electron chi connectivity index (χ3n) is 3.59. The van der Waals surface area contributed by atoms with E-state index in [0.717, 1.165) is 38.5 Å². The quantitative estimate of drug-likeness (QED) is 0.774. The minimum absolute atomic E-state index is 0.281. The molecule has 2 rings (SSSR count). The molecule has 0 radical (unpaired) electrons. The average molecular weight is 295 g/mol. The van der Waals surface area contributed by atoms with Crippen LogP contribution in [0.4, 0.5) is 11.4 Å². The Balaban J connectivity index is 2.00. The van der Waals surface area contributed by atoms with E-state index in [4.69, 9.17) is 19.9 Å². The standard InChI is InChI=1S/C15H25N3O3/c1-11(10-18-4-6-21-7-5-18)17-13-9-15(20-3)14(19-2)8-12(13)16/h8-9,11,17H,4-7,10,16H2,1-3H3. The third-order valence-corrected chi connectivity index (χ3v) is 3.59. The second-order valence-electron chi connectivity index (χ2n) is 5.25. The molecule has 1 aromatic carbocycles. The maximum absolute atomic E-state index is 6.07. The van der Waals surface area contributed by atoms with Crippen molar-refractivity contribution in [1.82, 2.24) is 4.90 Å². The molecular formula is C15H25N3O3. The van der Waals surface area contributed by atoms with Crippen molar-refractivity contribution in [3.63, 3.8) is 0 Å². The van der Waals surface area contributed by atoms with Crippen molar-refractivity contribution >= 4 is 11.4 Å². The summed E-state index contributed by atoms with van der Waals surface area (Å²) in [6.07, 6.45) is 0. The largest absolute Gasteiger partial charge is 0.493 e. The van der Waals surface area contributed by atoms with Crippen LogP contribution in [0, 0.1) is 0 Å². The molecule has 1 saturated heterocycles. The van der Waals surface area contributed by atoms with Crippen LogP contribution in [-0.2, 0) is 4.74 Å². The number of nitrogens with one attached hydrogen (secondary N) is 1. The smallest absolute Gasteiger partial charge is 0.162 e. The van der Waals surface area contributed by atoms with Crippen LogP contribution >= 0.6 is 0 Å². The van der Waals surface area contributed by atoms with E-state index in [1.54, 1.807) is 20.3 Å². The first-order chi connectivity index (χ1) is 10.1. The highest BCUT2D eigenvalue weighted by Gasteiger charge is 2.15. The Morgan fingerprint density at radius 3 is 2.48 bits per heavy atom. The number of hydrogen-bond acceptors (Lipinski definition) is 6. The van der Waals surface area contributed by atoms with E-state index < -0.39 is 0 Å². The maximum Gasteiger partial charge on any atom is 0.162 e. The molecule has 0 aliphatic carbocycles. The fraction of sp³-hybridized carbons (Fsp3) is 0.600. The van der Waals surface area contributed by atoms with Crippen LogP contribution in [0.5, 0.6) is 11.5 Å². The van der Waals surface area contributed by atoms with Crippen LogP contribution in [0.3, 0.4) is 0 Å². The molecule has 0 saturated carbocycles. The van der Waals surface area contributed by atoms with E-state index >= 15 is 0 Å². The molecule has 1 aromatic rings. The molecule has 1 aliphatic heterocycles. The Morgan fingerprint density at radius 1 is 1.24 bits per heavy atom. The maximum atomic E-state index is 6.07. The van der Waals surface area contributed by atoms with Gasteiger partial charge in [0, 0.05) is 37.8 Å². The van der Waals surface area contributed by atoms with Crippen molar-refractivity contribution < 1.29 is 14.2 Å². The van der Waals surface area contributed by atoms with Gasteiger partial charge in [-0.1, -0.05) is 0 Å². The summed E-state index contributed by atoms with van der Waals surface area (Å²) in [5.41, 5.74) is 7.59. The van der Waals surface area contributed by atoms with Crippen LogP contribution in [0.25, 0.3) is 0 Å². The first-order valence-corrected chi connectivity index (χ1v) is 7.22. The van der Waals surface area contributed by atoms with Gasteiger partial charge in [-0.2, -0.15) is 0 Å². The molecule has 0 spiro atoms. The van der Waals surface area contributed by atoms with Gasteiger partial charge in [0.1, 0.15) is 0 Å². The predicted molar refractivity (Wildman–Crippen MR) is 84.3 cm³/mol. The highest BCUT2D eigenvalue weighted by molar-refractivity contribution is 5.72. The normalized spacial score (nSPS) is 17.3. The third kappa shape index (κ3) is 4.15. The van der Waals surface area contributed by atoms with Crippen molar-refractivity contribution in [2.24, 2.45) is 0 Å². The van der Waals surface area contributed by atoms with Gasteiger partial charge in [0.15, 0.2) is 11.5 Å². The van der Waals surface area contributed by atoms with Gasteiger partial charge in [-0.05, 0) is 6.92 Å². The summed E-state index contributed by atoms with van der Waals surface area (Å²) in [7, 11) is 3.22. The first kappa shape index (κ1) is 15.7. The Labute approximate surface area is 126 Å². The molecule has 118 valence electrons. The lowest BCUT2D eigenvalue weighted by atomic mass is 10.2. The molecule has 3 N–H and O–H groups in total. The molecule has 21 heavy (non-hydrogen) atoms. The minimum Gasteiger partial charge on any atom is -0.493 e. The number of ether oxygens (including phenoxy) is 3. The highest BCUT2D eigenvalue weighted by atomic mass is 16.5. The zero-order valence-corrected chi connectivity index (χ0v) is 13.0. The summed E-state index contributed by atoms with van der Waals surface area (Å²) >= 11 is 0. The van der Waals surface area contributed by atoms with Gasteiger partial charge in [-0.3, -0.25) is 4.90 Å². The number of nitrogens with two attached hydrogens (primary N) is 1. The van der Waals surface area contributed by atoms with Crippen LogP contribution in [0.15, 0.2) is 12.1 Å². The fourth-order valence-corrected chi connectivity index (χ4v) is 2.50. The topological polar surface area (TPSA) is 69.0 Å². The van der Waals surface area contributed by atoms with Crippen molar-refractivity contribution in [3.05, 3.63) is 12.1 Å². The van der Waals surface area contributed by atoms with Gasteiger partial charge in [-0.25, -0.2) is 0 Å². The zero-order chi connectivity index (χ0) is 15.2. The van der Waals surface area contributed by atoms with Crippen molar-refractivity contribution in [3.8, 4) is 11.5 Å². The number of rotatable bonds is 6. The number of nitrogens with zero attached hydrogens (tertiary/aromatic N) is 1. The molecule has 1 aliphatic rings. The summed E-state index contributed by atoms with van der Waals surface area (Å²) < 4.78 is 15.9. The monoisotopic (exact) mass is 295 g/mol. The summed E-state index contributed by atoms with van der Waals surface area (Å²) in [6.45, 7) is 6.68. The lowest BCUT2D eigenvalue weighted by molar-refractivity contribution is 0.0368. The van der Waals surface area contributed by atoms with Crippen molar-refractivity contribution in [1.29, 1.82) is 0 Å². The molecule has 1 atom stereocenters. The van der Waals surface area contributed by atoms with Crippen molar-refractivity contribution in [2.45, 2.75) is 13.0 Å². The molecule has 0 amide bonds. The Morgan fingerprint density at radius 2 is 1.86 bits per heavy atom. The van der Waals surface area contributed by atoms with E-state index in [0.29, 0.717) is 17.2 Å². The summed E-state index contributed by atoms with van der Waals surface area (Å²) in [4.78, 5) is 2.39. The van der Waals surface area contributed by atoms with Crippen LogP contribution in [-0.4, -0.2) is 58.0 Å². The SMILES string of the molecule is COc1cc(N)c(NC(C)CN2CCOCC2)cc1OC. The van der Waals surface area contributed by atoms with Crippen LogP contribution < -0.4 is 20.5 Å². The Kier molecular flexibility index (Phi) is 5.52. The number of benzene rings is 1. The fourth-order valence-electron chi connectivity index (χ4n) is 2.50. The molecule has 6 nitrogen and oxygen atoms in total. The second-order valence-corrected chi connectivity index (χ2v) is 5.25. The van der Waals surface area contributed by atoms with Gasteiger partial charge in [0.05, 0.1) is 38.8 Å². The van der Waals surface area contributed by atoms with Gasteiger partial charge in [0.25, 0.3) is 0 Å². The molecule has 1 fully saturated rings. The lowest BCUT2D eigenvalue weighted by Crippen LogP contribution is -2.42. The lowest BCUT2D eigenvalue weighted by Gasteiger charge is -2.30. The molecular weight excluding hydrogens is 270 g/mol. The Hall–Kier alpha value is -1.66. The van der Waals surface area contributed by atoms with Crippen LogP contribution in [0.2, 0.25) is 0 Å². The van der Waals surface area contributed by atoms with Gasteiger partial charge in [0.2, 0.25) is 0 Å². The second kappa shape index (κ2) is 7.38. The number of morpholine rings is 1. The van der Waals surface area contributed by atoms with E-state index in [1.807, 2.05) is 6.07 Å². The van der Waals surface area contributed by atoms with Gasteiger partial charge >= 0.3 is 0 Å². The molecule has 1 heterocycles. The first-order valence-electron chi connectivity index (χ1n) is 7.22. The predicted octanol–water partition coefficient (Wildman–Crippen LogP) is 1.42. The molecule has 1 unspecified atom stereocenters. The Bertz CT molecular complexity index is 462. The van der Waals surface area contributed by atoms with Gasteiger partial charge in [-0.15, -0.1) is 0 Å². The van der Waals surface area contributed by atoms with Crippen molar-refractivity contribution in [2.75, 3.05) is 58.1 Å². The van der Waals surface area contributed by atoms with E-state index in [9.17, 15) is 0 Å². The summed E-state index contributed by atoms with van der Waals surface area (Å²) in [5, 5.41) is 3.44. The average Bonchev–Trinajstić information content (AvgIpc) is 2.49. The number of methoxy groups -OCH3 is 2. The van der Waals surface area contributed by atoms with Gasteiger partial charge < -0.3 is 25.3 Å². The highest BCUT2D eigenvalue weighted by Crippen LogP contribution is 2.35. The molecule has 0 bridgehead atoms. The van der Waals surface area contributed by atoms with E-state index in [1.165, 1.54) is 0 Å².